The molecule has 0 aromatic carbocycles. The van der Waals surface area contributed by atoms with E-state index >= 15 is 0 Å². The number of halogens is 1. The number of carbonyl (C=O) groups excluding carboxylic acids is 1. The highest BCUT2D eigenvalue weighted by molar-refractivity contribution is 7.18. The lowest BCUT2D eigenvalue weighted by atomic mass is 10.0. The second kappa shape index (κ2) is 4.43. The Balaban J connectivity index is 2.68. The van der Waals surface area contributed by atoms with Gasteiger partial charge in [0.1, 0.15) is 0 Å². The molecule has 1 aromatic rings. The Morgan fingerprint density at radius 1 is 1.57 bits per heavy atom. The van der Waals surface area contributed by atoms with Crippen LogP contribution in [0.3, 0.4) is 0 Å². The van der Waals surface area contributed by atoms with Crippen molar-refractivity contribution in [2.24, 2.45) is 0 Å². The number of ketones is 1. The van der Waals surface area contributed by atoms with Crippen LogP contribution in [0.25, 0.3) is 0 Å². The zero-order valence-electron chi connectivity index (χ0n) is 8.46. The molecule has 0 amide bonds. The quantitative estimate of drug-likeness (QED) is 0.744. The number of hydrogen-bond donors (Lipinski definition) is 0. The Morgan fingerprint density at radius 2 is 2.21 bits per heavy atom. The molecular formula is C10H13ClO2S. The summed E-state index contributed by atoms with van der Waals surface area (Å²) in [7, 11) is 1.61. The number of methoxy groups -OCH3 is 1. The molecule has 1 aromatic heterocycles. The Morgan fingerprint density at radius 3 is 2.64 bits per heavy atom. The fourth-order valence-electron chi connectivity index (χ4n) is 1.01. The second-order valence-electron chi connectivity index (χ2n) is 3.67. The Hall–Kier alpha value is -0.380. The molecule has 0 saturated heterocycles. The molecule has 0 spiro atoms. The summed E-state index contributed by atoms with van der Waals surface area (Å²) in [5.41, 5.74) is -0.409. The number of rotatable bonds is 4. The lowest BCUT2D eigenvalue weighted by Gasteiger charge is -2.21. The minimum atomic E-state index is -0.409. The van der Waals surface area contributed by atoms with E-state index in [4.69, 9.17) is 16.3 Å². The molecule has 0 saturated carbocycles. The fraction of sp³-hybridized carbons (Fsp3) is 0.500. The van der Waals surface area contributed by atoms with Crippen LogP contribution in [-0.4, -0.2) is 18.5 Å². The van der Waals surface area contributed by atoms with Crippen molar-refractivity contribution >= 4 is 28.7 Å². The molecule has 0 bridgehead atoms. The molecule has 1 heterocycles. The third kappa shape index (κ3) is 3.08. The molecule has 2 nitrogen and oxygen atoms in total. The van der Waals surface area contributed by atoms with Crippen LogP contribution in [0.2, 0.25) is 4.34 Å². The number of hydrogen-bond acceptors (Lipinski definition) is 3. The van der Waals surface area contributed by atoms with Gasteiger partial charge in [-0.05, 0) is 26.0 Å². The average Bonchev–Trinajstić information content (AvgIpc) is 2.51. The number of thiophene rings is 1. The predicted octanol–water partition coefficient (Wildman–Crippen LogP) is 3.40. The van der Waals surface area contributed by atoms with Crippen LogP contribution in [0.5, 0.6) is 0 Å². The van der Waals surface area contributed by atoms with Crippen LogP contribution in [0, 0.1) is 0 Å². The van der Waals surface area contributed by atoms with Gasteiger partial charge in [0.2, 0.25) is 0 Å². The highest BCUT2D eigenvalue weighted by atomic mass is 35.5. The van der Waals surface area contributed by atoms with E-state index in [1.54, 1.807) is 19.2 Å². The first-order chi connectivity index (χ1) is 6.44. The molecule has 0 unspecified atom stereocenters. The van der Waals surface area contributed by atoms with Gasteiger partial charge in [0.15, 0.2) is 5.78 Å². The molecule has 78 valence electrons. The summed E-state index contributed by atoms with van der Waals surface area (Å²) in [6.45, 7) is 3.78. The zero-order valence-corrected chi connectivity index (χ0v) is 10.0. The first-order valence-electron chi connectivity index (χ1n) is 4.28. The number of Topliss-reactive ketones (excluding diaryl/α,β-unsaturated/α-hetero) is 1. The summed E-state index contributed by atoms with van der Waals surface area (Å²) in [5.74, 6) is 0.0775. The highest BCUT2D eigenvalue weighted by Crippen LogP contribution is 2.25. The topological polar surface area (TPSA) is 26.3 Å². The van der Waals surface area contributed by atoms with E-state index in [-0.39, 0.29) is 5.78 Å². The van der Waals surface area contributed by atoms with E-state index in [1.807, 2.05) is 13.8 Å². The van der Waals surface area contributed by atoms with Crippen LogP contribution in [0.1, 0.15) is 29.9 Å². The van der Waals surface area contributed by atoms with Gasteiger partial charge < -0.3 is 4.74 Å². The molecule has 0 aliphatic rings. The van der Waals surface area contributed by atoms with E-state index in [0.29, 0.717) is 15.6 Å². The van der Waals surface area contributed by atoms with Crippen LogP contribution in [-0.2, 0) is 4.74 Å². The molecule has 0 radical (unpaired) electrons. The maximum absolute atomic E-state index is 11.7. The summed E-state index contributed by atoms with van der Waals surface area (Å²) in [5, 5.41) is 0. The minimum absolute atomic E-state index is 0.0775. The van der Waals surface area contributed by atoms with Crippen molar-refractivity contribution in [2.75, 3.05) is 7.11 Å². The molecule has 0 fully saturated rings. The van der Waals surface area contributed by atoms with Crippen LogP contribution in [0.4, 0.5) is 0 Å². The van der Waals surface area contributed by atoms with E-state index < -0.39 is 5.60 Å². The molecule has 0 aliphatic carbocycles. The van der Waals surface area contributed by atoms with Crippen LogP contribution >= 0.6 is 22.9 Å². The standard InChI is InChI=1S/C10H13ClO2S/c1-10(2,13-3)6-7(12)8-4-5-9(11)14-8/h4-5H,6H2,1-3H3. The summed E-state index contributed by atoms with van der Waals surface area (Å²) in [6, 6.07) is 3.49. The molecule has 4 heteroatoms. The average molecular weight is 233 g/mol. The molecule has 0 N–H and O–H groups in total. The van der Waals surface area contributed by atoms with Gasteiger partial charge in [0.05, 0.1) is 14.8 Å². The molecule has 0 aliphatic heterocycles. The maximum atomic E-state index is 11.7. The Bertz CT molecular complexity index is 331. The zero-order chi connectivity index (χ0) is 10.8. The fourth-order valence-corrected chi connectivity index (χ4v) is 1.99. The monoisotopic (exact) mass is 232 g/mol. The molecule has 1 rings (SSSR count). The van der Waals surface area contributed by atoms with Crippen molar-refractivity contribution < 1.29 is 9.53 Å². The van der Waals surface area contributed by atoms with E-state index in [0.717, 1.165) is 0 Å². The lowest BCUT2D eigenvalue weighted by molar-refractivity contribution is 0.0173. The van der Waals surface area contributed by atoms with E-state index in [1.165, 1.54) is 11.3 Å². The van der Waals surface area contributed by atoms with Crippen molar-refractivity contribution in [1.29, 1.82) is 0 Å². The molecule has 14 heavy (non-hydrogen) atoms. The van der Waals surface area contributed by atoms with Gasteiger partial charge in [-0.1, -0.05) is 11.6 Å². The smallest absolute Gasteiger partial charge is 0.175 e. The van der Waals surface area contributed by atoms with Gasteiger partial charge >= 0.3 is 0 Å². The third-order valence-electron chi connectivity index (χ3n) is 1.99. The Labute approximate surface area is 92.8 Å². The van der Waals surface area contributed by atoms with Crippen molar-refractivity contribution in [2.45, 2.75) is 25.9 Å². The number of carbonyl (C=O) groups is 1. The first kappa shape index (κ1) is 11.7. The minimum Gasteiger partial charge on any atom is -0.378 e. The molecular weight excluding hydrogens is 220 g/mol. The van der Waals surface area contributed by atoms with Gasteiger partial charge in [-0.25, -0.2) is 0 Å². The summed E-state index contributed by atoms with van der Waals surface area (Å²) >= 11 is 7.05. The second-order valence-corrected chi connectivity index (χ2v) is 5.38. The van der Waals surface area contributed by atoms with Crippen molar-refractivity contribution in [3.05, 3.63) is 21.3 Å². The third-order valence-corrected chi connectivity index (χ3v) is 3.26. The molecule has 0 atom stereocenters. The maximum Gasteiger partial charge on any atom is 0.175 e. The van der Waals surface area contributed by atoms with Gasteiger partial charge in [-0.3, -0.25) is 4.79 Å². The SMILES string of the molecule is COC(C)(C)CC(=O)c1ccc(Cl)s1. The predicted molar refractivity (Wildman–Crippen MR) is 59.4 cm³/mol. The van der Waals surface area contributed by atoms with E-state index in [9.17, 15) is 4.79 Å². The van der Waals surface area contributed by atoms with Crippen molar-refractivity contribution in [3.63, 3.8) is 0 Å². The van der Waals surface area contributed by atoms with Gasteiger partial charge in [-0.2, -0.15) is 0 Å². The van der Waals surface area contributed by atoms with Crippen LogP contribution in [0.15, 0.2) is 12.1 Å². The van der Waals surface area contributed by atoms with Crippen molar-refractivity contribution in [3.8, 4) is 0 Å². The van der Waals surface area contributed by atoms with Crippen LogP contribution < -0.4 is 0 Å². The lowest BCUT2D eigenvalue weighted by Crippen LogP contribution is -2.26. The normalized spacial score (nSPS) is 11.7. The Kier molecular flexibility index (Phi) is 3.70. The van der Waals surface area contributed by atoms with Crippen molar-refractivity contribution in [1.82, 2.24) is 0 Å². The highest BCUT2D eigenvalue weighted by Gasteiger charge is 2.22. The number of ether oxygens (including phenoxy) is 1. The summed E-state index contributed by atoms with van der Waals surface area (Å²) in [4.78, 5) is 12.4. The van der Waals surface area contributed by atoms with Gasteiger partial charge in [0, 0.05) is 13.5 Å². The largest absolute Gasteiger partial charge is 0.378 e. The summed E-state index contributed by atoms with van der Waals surface area (Å²) < 4.78 is 5.83. The van der Waals surface area contributed by atoms with E-state index in [2.05, 4.69) is 0 Å². The first-order valence-corrected chi connectivity index (χ1v) is 5.48. The van der Waals surface area contributed by atoms with Gasteiger partial charge in [-0.15, -0.1) is 11.3 Å². The summed E-state index contributed by atoms with van der Waals surface area (Å²) in [6.07, 6.45) is 0.375. The van der Waals surface area contributed by atoms with Gasteiger partial charge in [0.25, 0.3) is 0 Å².